The summed E-state index contributed by atoms with van der Waals surface area (Å²) in [4.78, 5) is 2.27. The van der Waals surface area contributed by atoms with Gasteiger partial charge < -0.3 is 14.4 Å². The van der Waals surface area contributed by atoms with Gasteiger partial charge in [0.1, 0.15) is 12.4 Å². The Kier molecular flexibility index (Phi) is 8.63. The zero-order valence-electron chi connectivity index (χ0n) is 11.9. The van der Waals surface area contributed by atoms with Crippen LogP contribution < -0.4 is 4.74 Å². The maximum Gasteiger partial charge on any atom is 0.122 e. The Balaban J connectivity index is 2.07. The molecule has 1 aromatic carbocycles. The number of ether oxygens (including phenoxy) is 2. The molecule has 19 heavy (non-hydrogen) atoms. The Morgan fingerprint density at radius 1 is 1.11 bits per heavy atom. The minimum absolute atomic E-state index is 0.590. The van der Waals surface area contributed by atoms with E-state index in [1.165, 1.54) is 0 Å². The summed E-state index contributed by atoms with van der Waals surface area (Å²) in [6.07, 6.45) is 0. The smallest absolute Gasteiger partial charge is 0.122 e. The summed E-state index contributed by atoms with van der Waals surface area (Å²) < 4.78 is 11.2. The quantitative estimate of drug-likeness (QED) is 0.487. The molecule has 0 N–H and O–H groups in total. The van der Waals surface area contributed by atoms with E-state index in [-0.39, 0.29) is 0 Å². The molecule has 3 nitrogen and oxygen atoms in total. The van der Waals surface area contributed by atoms with E-state index in [1.807, 2.05) is 31.2 Å². The molecule has 0 atom stereocenters. The molecule has 1 aromatic rings. The molecule has 0 saturated heterocycles. The van der Waals surface area contributed by atoms with Crippen molar-refractivity contribution in [1.29, 1.82) is 0 Å². The van der Waals surface area contributed by atoms with Crippen molar-refractivity contribution < 1.29 is 9.47 Å². The lowest BCUT2D eigenvalue weighted by atomic mass is 10.2. The van der Waals surface area contributed by atoms with Crippen LogP contribution in [0.2, 0.25) is 0 Å². The Hall–Kier alpha value is -0.770. The van der Waals surface area contributed by atoms with Crippen LogP contribution in [0.15, 0.2) is 24.3 Å². The van der Waals surface area contributed by atoms with Gasteiger partial charge in [-0.05, 0) is 25.1 Å². The van der Waals surface area contributed by atoms with E-state index >= 15 is 0 Å². The molecule has 0 fully saturated rings. The first kappa shape index (κ1) is 16.3. The van der Waals surface area contributed by atoms with Gasteiger partial charge in [0.2, 0.25) is 0 Å². The van der Waals surface area contributed by atoms with Crippen molar-refractivity contribution in [3.63, 3.8) is 0 Å². The van der Waals surface area contributed by atoms with Crippen LogP contribution in [0.1, 0.15) is 12.5 Å². The third kappa shape index (κ3) is 6.81. The van der Waals surface area contributed by atoms with Gasteiger partial charge in [0, 0.05) is 19.0 Å². The largest absolute Gasteiger partial charge is 0.491 e. The van der Waals surface area contributed by atoms with Gasteiger partial charge in [-0.1, -0.05) is 25.1 Å². The zero-order chi connectivity index (χ0) is 13.9. The molecule has 0 aliphatic carbocycles. The van der Waals surface area contributed by atoms with E-state index < -0.39 is 0 Å². The first-order valence-corrected chi connectivity index (χ1v) is 7.36. The van der Waals surface area contributed by atoms with Gasteiger partial charge >= 0.3 is 0 Å². The molecular weight excluding hydrogens is 262 g/mol. The molecule has 1 rings (SSSR count). The Morgan fingerprint density at radius 2 is 1.89 bits per heavy atom. The van der Waals surface area contributed by atoms with Crippen LogP contribution in [0.4, 0.5) is 0 Å². The lowest BCUT2D eigenvalue weighted by Gasteiger charge is -2.18. The summed E-state index contributed by atoms with van der Waals surface area (Å²) >= 11 is 5.72. The summed E-state index contributed by atoms with van der Waals surface area (Å²) in [5, 5.41) is 0. The highest BCUT2D eigenvalue weighted by atomic mass is 35.5. The van der Waals surface area contributed by atoms with Gasteiger partial charge in [-0.2, -0.15) is 0 Å². The molecule has 0 aliphatic rings. The van der Waals surface area contributed by atoms with E-state index in [2.05, 4.69) is 11.8 Å². The lowest BCUT2D eigenvalue weighted by molar-refractivity contribution is 0.0819. The molecule has 0 amide bonds. The number of benzene rings is 1. The number of para-hydroxylation sites is 1. The van der Waals surface area contributed by atoms with Crippen molar-refractivity contribution in [3.8, 4) is 5.75 Å². The van der Waals surface area contributed by atoms with Gasteiger partial charge in [0.15, 0.2) is 0 Å². The van der Waals surface area contributed by atoms with Crippen LogP contribution in [-0.4, -0.2) is 50.2 Å². The average Bonchev–Trinajstić information content (AvgIpc) is 2.43. The highest BCUT2D eigenvalue weighted by Crippen LogP contribution is 2.15. The second-order valence-corrected chi connectivity index (χ2v) is 4.73. The highest BCUT2D eigenvalue weighted by Gasteiger charge is 2.01. The highest BCUT2D eigenvalue weighted by molar-refractivity contribution is 6.18. The molecule has 0 aliphatic heterocycles. The molecular formula is C15H24ClNO2. The second kappa shape index (κ2) is 10.1. The molecule has 0 saturated carbocycles. The van der Waals surface area contributed by atoms with Gasteiger partial charge in [-0.15, -0.1) is 11.6 Å². The van der Waals surface area contributed by atoms with E-state index in [9.17, 15) is 0 Å². The number of rotatable bonds is 10. The molecule has 108 valence electrons. The standard InChI is InChI=1S/C15H24ClNO2/c1-3-17(9-8-16)10-11-18-12-13-19-15-7-5-4-6-14(15)2/h4-7H,3,8-13H2,1-2H3. The molecule has 4 heteroatoms. The van der Waals surface area contributed by atoms with Crippen molar-refractivity contribution in [3.05, 3.63) is 29.8 Å². The van der Waals surface area contributed by atoms with Crippen molar-refractivity contribution in [2.24, 2.45) is 0 Å². The Bertz CT molecular complexity index is 347. The second-order valence-electron chi connectivity index (χ2n) is 4.35. The number of alkyl halides is 1. The fourth-order valence-corrected chi connectivity index (χ4v) is 2.01. The van der Waals surface area contributed by atoms with Crippen molar-refractivity contribution >= 4 is 11.6 Å². The SMILES string of the molecule is CCN(CCCl)CCOCCOc1ccccc1C. The third-order valence-corrected chi connectivity index (χ3v) is 3.15. The van der Waals surface area contributed by atoms with E-state index in [0.717, 1.165) is 37.6 Å². The van der Waals surface area contributed by atoms with Crippen molar-refractivity contribution in [2.45, 2.75) is 13.8 Å². The van der Waals surface area contributed by atoms with Gasteiger partial charge in [0.25, 0.3) is 0 Å². The van der Waals surface area contributed by atoms with E-state index in [1.54, 1.807) is 0 Å². The van der Waals surface area contributed by atoms with Crippen LogP contribution in [-0.2, 0) is 4.74 Å². The number of aryl methyl sites for hydroxylation is 1. The number of nitrogens with zero attached hydrogens (tertiary/aromatic N) is 1. The minimum Gasteiger partial charge on any atom is -0.491 e. The summed E-state index contributed by atoms with van der Waals surface area (Å²) in [5.74, 6) is 1.60. The van der Waals surface area contributed by atoms with Crippen LogP contribution in [0.25, 0.3) is 0 Å². The fraction of sp³-hybridized carbons (Fsp3) is 0.600. The molecule has 0 aromatic heterocycles. The maximum atomic E-state index is 5.72. The van der Waals surface area contributed by atoms with Crippen LogP contribution in [0, 0.1) is 6.92 Å². The molecule has 0 radical (unpaired) electrons. The summed E-state index contributed by atoms with van der Waals surface area (Å²) in [5.41, 5.74) is 1.15. The summed E-state index contributed by atoms with van der Waals surface area (Å²) in [7, 11) is 0. The molecule has 0 unspecified atom stereocenters. The minimum atomic E-state index is 0.590. The topological polar surface area (TPSA) is 21.7 Å². The number of hydrogen-bond donors (Lipinski definition) is 0. The van der Waals surface area contributed by atoms with Crippen LogP contribution >= 0.6 is 11.6 Å². The molecule has 0 spiro atoms. The Labute approximate surface area is 121 Å². The van der Waals surface area contributed by atoms with Gasteiger partial charge in [0.05, 0.1) is 13.2 Å². The van der Waals surface area contributed by atoms with Crippen LogP contribution in [0.5, 0.6) is 5.75 Å². The van der Waals surface area contributed by atoms with E-state index in [4.69, 9.17) is 21.1 Å². The number of likely N-dealkylation sites (N-methyl/N-ethyl adjacent to an activating group) is 1. The van der Waals surface area contributed by atoms with Gasteiger partial charge in [-0.3, -0.25) is 0 Å². The maximum absolute atomic E-state index is 5.72. The summed E-state index contributed by atoms with van der Waals surface area (Å²) in [6, 6.07) is 8.01. The van der Waals surface area contributed by atoms with Gasteiger partial charge in [-0.25, -0.2) is 0 Å². The zero-order valence-corrected chi connectivity index (χ0v) is 12.7. The van der Waals surface area contributed by atoms with Crippen LogP contribution in [0.3, 0.4) is 0 Å². The fourth-order valence-electron chi connectivity index (χ4n) is 1.77. The lowest BCUT2D eigenvalue weighted by Crippen LogP contribution is -2.29. The van der Waals surface area contributed by atoms with Crippen molar-refractivity contribution in [1.82, 2.24) is 4.90 Å². The Morgan fingerprint density at radius 3 is 2.58 bits per heavy atom. The molecule has 0 heterocycles. The van der Waals surface area contributed by atoms with Crippen molar-refractivity contribution in [2.75, 3.05) is 45.3 Å². The number of hydrogen-bond acceptors (Lipinski definition) is 3. The third-order valence-electron chi connectivity index (χ3n) is 2.98. The predicted molar refractivity (Wildman–Crippen MR) is 80.3 cm³/mol. The van der Waals surface area contributed by atoms with E-state index in [0.29, 0.717) is 19.1 Å². The average molecular weight is 286 g/mol. The first-order chi connectivity index (χ1) is 9.27. The first-order valence-electron chi connectivity index (χ1n) is 6.82. The summed E-state index contributed by atoms with van der Waals surface area (Å²) in [6.45, 7) is 8.96. The normalized spacial score (nSPS) is 10.9. The monoisotopic (exact) mass is 285 g/mol. The molecule has 0 bridgehead atoms. The predicted octanol–water partition coefficient (Wildman–Crippen LogP) is 2.95. The number of halogens is 1.